The number of amides is 1. The molecule has 0 heterocycles. The number of sulfonamides is 1. The van der Waals surface area contributed by atoms with Gasteiger partial charge in [-0.2, -0.15) is 0 Å². The molecule has 1 amide bonds. The van der Waals surface area contributed by atoms with Crippen LogP contribution in [0.1, 0.15) is 32.6 Å². The molecule has 1 aromatic rings. The Labute approximate surface area is 137 Å². The number of carbonyl (C=O) groups is 1. The first-order valence-corrected chi connectivity index (χ1v) is 9.25. The summed E-state index contributed by atoms with van der Waals surface area (Å²) in [5.41, 5.74) is 0.287. The highest BCUT2D eigenvalue weighted by Gasteiger charge is 2.39. The zero-order chi connectivity index (χ0) is 17.2. The van der Waals surface area contributed by atoms with Gasteiger partial charge in [-0.25, -0.2) is 12.8 Å². The van der Waals surface area contributed by atoms with Crippen molar-refractivity contribution < 1.29 is 17.6 Å². The number of benzene rings is 1. The molecule has 1 aliphatic rings. The average molecular weight is 342 g/mol. The van der Waals surface area contributed by atoms with E-state index in [1.165, 1.54) is 48.4 Å². The van der Waals surface area contributed by atoms with Crippen LogP contribution in [-0.2, 0) is 14.8 Å². The molecule has 7 heteroatoms. The summed E-state index contributed by atoms with van der Waals surface area (Å²) in [6, 6.07) is 5.33. The molecular weight excluding hydrogens is 319 g/mol. The molecule has 0 bridgehead atoms. The molecule has 0 N–H and O–H groups in total. The van der Waals surface area contributed by atoms with Gasteiger partial charge in [-0.05, 0) is 38.0 Å². The van der Waals surface area contributed by atoms with E-state index in [0.717, 1.165) is 25.7 Å². The van der Waals surface area contributed by atoms with Crippen LogP contribution in [0.15, 0.2) is 24.3 Å². The molecule has 0 aromatic heterocycles. The van der Waals surface area contributed by atoms with Gasteiger partial charge in [0.05, 0.1) is 5.69 Å². The van der Waals surface area contributed by atoms with Gasteiger partial charge in [-0.1, -0.05) is 18.9 Å². The molecule has 5 nitrogen and oxygen atoms in total. The molecule has 2 rings (SSSR count). The molecule has 0 saturated heterocycles. The average Bonchev–Trinajstić information content (AvgIpc) is 2.99. The van der Waals surface area contributed by atoms with Gasteiger partial charge in [0.1, 0.15) is 5.82 Å². The van der Waals surface area contributed by atoms with Crippen molar-refractivity contribution in [2.75, 3.05) is 18.4 Å². The number of halogens is 1. The summed E-state index contributed by atoms with van der Waals surface area (Å²) in [6.45, 7) is 1.39. The number of anilines is 1. The molecule has 1 atom stereocenters. The minimum atomic E-state index is -3.92. The third-order valence-electron chi connectivity index (χ3n) is 4.23. The van der Waals surface area contributed by atoms with E-state index in [4.69, 9.17) is 0 Å². The maximum absolute atomic E-state index is 13.6. The van der Waals surface area contributed by atoms with Crippen molar-refractivity contribution in [1.82, 2.24) is 4.90 Å². The van der Waals surface area contributed by atoms with E-state index in [1.54, 1.807) is 6.07 Å². The minimum absolute atomic E-state index is 0.223. The summed E-state index contributed by atoms with van der Waals surface area (Å²) in [5, 5.41) is -1.21. The highest BCUT2D eigenvalue weighted by atomic mass is 32.2. The first-order valence-electron chi connectivity index (χ1n) is 7.75. The van der Waals surface area contributed by atoms with E-state index in [-0.39, 0.29) is 11.7 Å². The van der Waals surface area contributed by atoms with Crippen LogP contribution in [0.4, 0.5) is 10.1 Å². The van der Waals surface area contributed by atoms with Crippen molar-refractivity contribution in [2.24, 2.45) is 0 Å². The summed E-state index contributed by atoms with van der Waals surface area (Å²) >= 11 is 0. The second-order valence-electron chi connectivity index (χ2n) is 6.13. The molecule has 0 aliphatic heterocycles. The summed E-state index contributed by atoms with van der Waals surface area (Å²) in [4.78, 5) is 13.4. The number of hydrogen-bond donors (Lipinski definition) is 0. The number of carbonyl (C=O) groups excluding carboxylic acids is 1. The minimum Gasteiger partial charge on any atom is -0.348 e. The van der Waals surface area contributed by atoms with E-state index >= 15 is 0 Å². The predicted molar refractivity (Wildman–Crippen MR) is 88.2 cm³/mol. The lowest BCUT2D eigenvalue weighted by molar-refractivity contribution is -0.127. The van der Waals surface area contributed by atoms with Gasteiger partial charge in [0, 0.05) is 20.1 Å². The molecule has 1 aromatic carbocycles. The fourth-order valence-electron chi connectivity index (χ4n) is 2.98. The first kappa shape index (κ1) is 17.7. The van der Waals surface area contributed by atoms with Gasteiger partial charge in [0.2, 0.25) is 15.9 Å². The van der Waals surface area contributed by atoms with Crippen LogP contribution >= 0.6 is 0 Å². The monoisotopic (exact) mass is 342 g/mol. The Morgan fingerprint density at radius 1 is 1.26 bits per heavy atom. The van der Waals surface area contributed by atoms with Crippen molar-refractivity contribution in [3.05, 3.63) is 30.1 Å². The molecule has 0 radical (unpaired) electrons. The Bertz CT molecular complexity index is 670. The van der Waals surface area contributed by atoms with Gasteiger partial charge in [0.25, 0.3) is 0 Å². The van der Waals surface area contributed by atoms with Gasteiger partial charge in [0.15, 0.2) is 5.25 Å². The summed E-state index contributed by atoms with van der Waals surface area (Å²) < 4.78 is 40.9. The second-order valence-corrected chi connectivity index (χ2v) is 8.26. The molecule has 128 valence electrons. The van der Waals surface area contributed by atoms with Gasteiger partial charge < -0.3 is 4.90 Å². The molecular formula is C16H23FN2O3S. The third kappa shape index (κ3) is 3.65. The summed E-state index contributed by atoms with van der Waals surface area (Å²) in [6.07, 6.45) is 3.31. The Morgan fingerprint density at radius 2 is 1.87 bits per heavy atom. The lowest BCUT2D eigenvalue weighted by Gasteiger charge is -2.33. The Balaban J connectivity index is 2.46. The van der Waals surface area contributed by atoms with Crippen molar-refractivity contribution >= 4 is 21.6 Å². The van der Waals surface area contributed by atoms with Gasteiger partial charge in [-0.15, -0.1) is 0 Å². The van der Waals surface area contributed by atoms with E-state index in [2.05, 4.69) is 0 Å². The van der Waals surface area contributed by atoms with Crippen LogP contribution in [0.2, 0.25) is 0 Å². The van der Waals surface area contributed by atoms with E-state index < -0.39 is 27.0 Å². The molecule has 0 spiro atoms. The van der Waals surface area contributed by atoms with Crippen molar-refractivity contribution in [2.45, 2.75) is 43.9 Å². The summed E-state index contributed by atoms with van der Waals surface area (Å²) in [7, 11) is -0.875. The van der Waals surface area contributed by atoms with E-state index in [9.17, 15) is 17.6 Å². The van der Waals surface area contributed by atoms with Crippen molar-refractivity contribution in [3.63, 3.8) is 0 Å². The molecule has 1 fully saturated rings. The third-order valence-corrected chi connectivity index (χ3v) is 6.38. The van der Waals surface area contributed by atoms with Crippen molar-refractivity contribution in [3.8, 4) is 0 Å². The van der Waals surface area contributed by atoms with E-state index in [1.807, 2.05) is 0 Å². The van der Waals surface area contributed by atoms with E-state index in [0.29, 0.717) is 0 Å². The molecule has 1 aliphatic carbocycles. The zero-order valence-electron chi connectivity index (χ0n) is 13.7. The highest BCUT2D eigenvalue weighted by Crippen LogP contribution is 2.32. The van der Waals surface area contributed by atoms with Crippen LogP contribution in [0.3, 0.4) is 0 Å². The number of hydrogen-bond acceptors (Lipinski definition) is 3. The molecule has 1 unspecified atom stereocenters. The number of nitrogens with zero attached hydrogens (tertiary/aromatic N) is 2. The summed E-state index contributed by atoms with van der Waals surface area (Å²) in [5.74, 6) is -0.975. The Hall–Kier alpha value is -1.63. The van der Waals surface area contributed by atoms with Crippen LogP contribution in [0.25, 0.3) is 0 Å². The molecule has 23 heavy (non-hydrogen) atoms. The fourth-order valence-corrected chi connectivity index (χ4v) is 4.82. The smallest absolute Gasteiger partial charge is 0.247 e. The zero-order valence-corrected chi connectivity index (χ0v) is 14.5. The van der Waals surface area contributed by atoms with Crippen LogP contribution in [-0.4, -0.2) is 44.6 Å². The van der Waals surface area contributed by atoms with Gasteiger partial charge >= 0.3 is 0 Å². The normalized spacial score (nSPS) is 17.0. The SMILES string of the molecule is CC(C(=O)N(C)C)S(=O)(=O)N(c1cccc(F)c1)C1CCCC1. The Morgan fingerprint density at radius 3 is 2.39 bits per heavy atom. The lowest BCUT2D eigenvalue weighted by Crippen LogP contribution is -2.48. The highest BCUT2D eigenvalue weighted by molar-refractivity contribution is 7.94. The van der Waals surface area contributed by atoms with Crippen molar-refractivity contribution in [1.29, 1.82) is 0 Å². The van der Waals surface area contributed by atoms with Crippen LogP contribution in [0, 0.1) is 5.82 Å². The lowest BCUT2D eigenvalue weighted by atomic mass is 10.2. The predicted octanol–water partition coefficient (Wildman–Crippen LogP) is 2.38. The number of rotatable bonds is 5. The largest absolute Gasteiger partial charge is 0.348 e. The standard InChI is InChI=1S/C16H23FN2O3S/c1-12(16(20)18(2)3)23(21,22)19(14-8-4-5-9-14)15-10-6-7-13(17)11-15/h6-7,10-12,14H,4-5,8-9H2,1-3H3. The second kappa shape index (κ2) is 6.86. The van der Waals surface area contributed by atoms with Gasteiger partial charge in [-0.3, -0.25) is 9.10 Å². The maximum atomic E-state index is 13.6. The molecule has 1 saturated carbocycles. The van der Waals surface area contributed by atoms with Crippen LogP contribution < -0.4 is 4.31 Å². The first-order chi connectivity index (χ1) is 10.7. The van der Waals surface area contributed by atoms with Crippen LogP contribution in [0.5, 0.6) is 0 Å². The fraction of sp³-hybridized carbons (Fsp3) is 0.562. The Kier molecular flexibility index (Phi) is 5.29. The maximum Gasteiger partial charge on any atom is 0.247 e. The topological polar surface area (TPSA) is 57.7 Å². The quantitative estimate of drug-likeness (QED) is 0.825.